The van der Waals surface area contributed by atoms with Crippen LogP contribution in [0.2, 0.25) is 0 Å². The minimum Gasteiger partial charge on any atom is -0.469 e. The summed E-state index contributed by atoms with van der Waals surface area (Å²) < 4.78 is 4.55. The molecule has 1 N–H and O–H groups in total. The summed E-state index contributed by atoms with van der Waals surface area (Å²) >= 11 is 0. The second kappa shape index (κ2) is 17.7. The predicted octanol–water partition coefficient (Wildman–Crippen LogP) is 5.28. The van der Waals surface area contributed by atoms with E-state index in [1.807, 2.05) is 12.2 Å². The van der Waals surface area contributed by atoms with Crippen LogP contribution in [0.3, 0.4) is 0 Å². The summed E-state index contributed by atoms with van der Waals surface area (Å²) in [5.74, 6) is -0.228. The van der Waals surface area contributed by atoms with Gasteiger partial charge >= 0.3 is 5.97 Å². The van der Waals surface area contributed by atoms with Gasteiger partial charge in [0.05, 0.1) is 13.2 Å². The maximum atomic E-state index is 10.9. The fourth-order valence-corrected chi connectivity index (χ4v) is 2.08. The largest absolute Gasteiger partial charge is 0.469 e. The van der Waals surface area contributed by atoms with Crippen LogP contribution in [-0.4, -0.2) is 24.3 Å². The van der Waals surface area contributed by atoms with Crippen LogP contribution in [0.1, 0.15) is 64.7 Å². The van der Waals surface area contributed by atoms with E-state index in [1.54, 1.807) is 6.08 Å². The van der Waals surface area contributed by atoms with E-state index in [1.165, 1.54) is 32.8 Å². The third-order valence-electron chi connectivity index (χ3n) is 3.54. The van der Waals surface area contributed by atoms with E-state index in [0.29, 0.717) is 19.3 Å². The van der Waals surface area contributed by atoms with Crippen LogP contribution in [-0.2, 0) is 9.53 Å². The number of esters is 1. The molecule has 0 aromatic carbocycles. The Labute approximate surface area is 147 Å². The first kappa shape index (κ1) is 22.4. The van der Waals surface area contributed by atoms with Crippen LogP contribution in [0.5, 0.6) is 0 Å². The fourth-order valence-electron chi connectivity index (χ4n) is 2.08. The molecule has 0 spiro atoms. The topological polar surface area (TPSA) is 46.5 Å². The SMILES string of the molecule is CCCCC/C=C/C/C=C\C/C=C/C=C\[C@H](O)CCCC(=O)OC. The number of aliphatic hydroxyl groups excluding tert-OH is 1. The van der Waals surface area contributed by atoms with Gasteiger partial charge in [-0.25, -0.2) is 0 Å². The Kier molecular flexibility index (Phi) is 16.5. The molecule has 0 rings (SSSR count). The van der Waals surface area contributed by atoms with Crippen molar-refractivity contribution >= 4 is 5.97 Å². The minimum absolute atomic E-state index is 0.228. The minimum atomic E-state index is -0.507. The standard InChI is InChI=1S/C21H34O3/c1-3-4-5-6-7-8-9-10-11-12-13-14-15-17-20(22)18-16-19-21(23)24-2/h7-8,10-11,13-15,17,20,22H,3-6,9,12,16,18-19H2,1-2H3/b8-7+,11-10-,14-13+,17-15-/t20-/m0/s1. The molecule has 0 fully saturated rings. The summed E-state index contributed by atoms with van der Waals surface area (Å²) in [5.41, 5.74) is 0. The van der Waals surface area contributed by atoms with Gasteiger partial charge in [0.2, 0.25) is 0 Å². The number of rotatable bonds is 14. The van der Waals surface area contributed by atoms with Crippen molar-refractivity contribution < 1.29 is 14.6 Å². The van der Waals surface area contributed by atoms with Crippen LogP contribution in [0.15, 0.2) is 48.6 Å². The van der Waals surface area contributed by atoms with Crippen molar-refractivity contribution in [2.75, 3.05) is 7.11 Å². The summed E-state index contributed by atoms with van der Waals surface area (Å²) in [7, 11) is 1.38. The smallest absolute Gasteiger partial charge is 0.305 e. The zero-order valence-corrected chi connectivity index (χ0v) is 15.3. The lowest BCUT2D eigenvalue weighted by Crippen LogP contribution is -2.05. The molecule has 0 aromatic heterocycles. The van der Waals surface area contributed by atoms with Crippen molar-refractivity contribution in [3.63, 3.8) is 0 Å². The summed E-state index contributed by atoms with van der Waals surface area (Å²) in [6.45, 7) is 2.22. The molecule has 0 aliphatic rings. The maximum Gasteiger partial charge on any atom is 0.305 e. The van der Waals surface area contributed by atoms with Gasteiger partial charge in [-0.15, -0.1) is 0 Å². The maximum absolute atomic E-state index is 10.9. The molecule has 0 bridgehead atoms. The van der Waals surface area contributed by atoms with Crippen molar-refractivity contribution in [3.05, 3.63) is 48.6 Å². The van der Waals surface area contributed by atoms with Crippen LogP contribution in [0.4, 0.5) is 0 Å². The fraction of sp³-hybridized carbons (Fsp3) is 0.571. The Morgan fingerprint density at radius 3 is 2.42 bits per heavy atom. The predicted molar refractivity (Wildman–Crippen MR) is 102 cm³/mol. The third-order valence-corrected chi connectivity index (χ3v) is 3.54. The molecule has 0 saturated heterocycles. The Bertz CT molecular complexity index is 405. The lowest BCUT2D eigenvalue weighted by atomic mass is 10.1. The number of allylic oxidation sites excluding steroid dienone is 7. The van der Waals surface area contributed by atoms with Gasteiger partial charge < -0.3 is 9.84 Å². The zero-order valence-electron chi connectivity index (χ0n) is 15.3. The number of methoxy groups -OCH3 is 1. The van der Waals surface area contributed by atoms with E-state index in [9.17, 15) is 9.90 Å². The second-order valence-electron chi connectivity index (χ2n) is 5.76. The molecule has 24 heavy (non-hydrogen) atoms. The van der Waals surface area contributed by atoms with Gasteiger partial charge in [0, 0.05) is 6.42 Å². The molecule has 0 saturated carbocycles. The Morgan fingerprint density at radius 2 is 1.71 bits per heavy atom. The number of carbonyl (C=O) groups excluding carboxylic acids is 1. The zero-order chi connectivity index (χ0) is 17.9. The molecule has 0 aliphatic carbocycles. The Hall–Kier alpha value is -1.61. The van der Waals surface area contributed by atoms with E-state index in [-0.39, 0.29) is 5.97 Å². The molecule has 3 nitrogen and oxygen atoms in total. The summed E-state index contributed by atoms with van der Waals surface area (Å²) in [5, 5.41) is 9.72. The highest BCUT2D eigenvalue weighted by Gasteiger charge is 2.02. The second-order valence-corrected chi connectivity index (χ2v) is 5.76. The first-order chi connectivity index (χ1) is 11.7. The molecule has 0 amide bonds. The number of aliphatic hydroxyl groups is 1. The van der Waals surface area contributed by atoms with Gasteiger partial charge in [-0.2, -0.15) is 0 Å². The highest BCUT2D eigenvalue weighted by Crippen LogP contribution is 2.03. The molecule has 136 valence electrons. The van der Waals surface area contributed by atoms with E-state index in [0.717, 1.165) is 12.8 Å². The average molecular weight is 335 g/mol. The third kappa shape index (κ3) is 16.8. The highest BCUT2D eigenvalue weighted by atomic mass is 16.5. The van der Waals surface area contributed by atoms with E-state index >= 15 is 0 Å². The Morgan fingerprint density at radius 1 is 1.00 bits per heavy atom. The lowest BCUT2D eigenvalue weighted by molar-refractivity contribution is -0.140. The van der Waals surface area contributed by atoms with E-state index in [4.69, 9.17) is 0 Å². The van der Waals surface area contributed by atoms with Crippen LogP contribution >= 0.6 is 0 Å². The van der Waals surface area contributed by atoms with Crippen LogP contribution in [0, 0.1) is 0 Å². The number of ether oxygens (including phenoxy) is 1. The normalized spacial score (nSPS) is 13.6. The van der Waals surface area contributed by atoms with Crippen molar-refractivity contribution in [2.24, 2.45) is 0 Å². The number of carbonyl (C=O) groups is 1. The van der Waals surface area contributed by atoms with Crippen molar-refractivity contribution in [1.29, 1.82) is 0 Å². The van der Waals surface area contributed by atoms with Crippen molar-refractivity contribution in [3.8, 4) is 0 Å². The van der Waals surface area contributed by atoms with Crippen LogP contribution in [0.25, 0.3) is 0 Å². The summed E-state index contributed by atoms with van der Waals surface area (Å²) in [6, 6.07) is 0. The van der Waals surface area contributed by atoms with Gasteiger partial charge in [0.15, 0.2) is 0 Å². The van der Waals surface area contributed by atoms with Gasteiger partial charge in [0.25, 0.3) is 0 Å². The molecule has 3 heteroatoms. The molecule has 0 heterocycles. The molecular weight excluding hydrogens is 300 g/mol. The molecule has 0 aliphatic heterocycles. The molecule has 1 atom stereocenters. The number of unbranched alkanes of at least 4 members (excludes halogenated alkanes) is 3. The molecule has 0 aromatic rings. The average Bonchev–Trinajstić information content (AvgIpc) is 2.58. The summed E-state index contributed by atoms with van der Waals surface area (Å²) in [6.07, 6.45) is 24.4. The monoisotopic (exact) mass is 334 g/mol. The van der Waals surface area contributed by atoms with Crippen LogP contribution < -0.4 is 0 Å². The Balaban J connectivity index is 3.62. The van der Waals surface area contributed by atoms with E-state index < -0.39 is 6.10 Å². The van der Waals surface area contributed by atoms with Gasteiger partial charge in [-0.05, 0) is 38.5 Å². The van der Waals surface area contributed by atoms with Gasteiger partial charge in [0.1, 0.15) is 0 Å². The molecular formula is C21H34O3. The summed E-state index contributed by atoms with van der Waals surface area (Å²) in [4.78, 5) is 10.9. The van der Waals surface area contributed by atoms with Crippen molar-refractivity contribution in [1.82, 2.24) is 0 Å². The molecule has 0 unspecified atom stereocenters. The van der Waals surface area contributed by atoms with Crippen molar-refractivity contribution in [2.45, 2.75) is 70.8 Å². The number of hydrogen-bond acceptors (Lipinski definition) is 3. The lowest BCUT2D eigenvalue weighted by Gasteiger charge is -2.03. The van der Waals surface area contributed by atoms with Gasteiger partial charge in [-0.3, -0.25) is 4.79 Å². The quantitative estimate of drug-likeness (QED) is 0.203. The highest BCUT2D eigenvalue weighted by molar-refractivity contribution is 5.68. The molecule has 0 radical (unpaired) electrons. The first-order valence-corrected chi connectivity index (χ1v) is 9.08. The van der Waals surface area contributed by atoms with Gasteiger partial charge in [-0.1, -0.05) is 68.4 Å². The number of hydrogen-bond donors (Lipinski definition) is 1. The first-order valence-electron chi connectivity index (χ1n) is 9.08. The van der Waals surface area contributed by atoms with E-state index in [2.05, 4.69) is 42.0 Å².